The van der Waals surface area contributed by atoms with Crippen LogP contribution in [0, 0.1) is 0 Å². The Morgan fingerprint density at radius 3 is 0.816 bits per heavy atom. The van der Waals surface area contributed by atoms with Gasteiger partial charge in [-0.25, -0.2) is 4.57 Å². The number of hydrogen-bond acceptors (Lipinski definition) is 7. The normalized spacial score (nSPS) is 13.8. The van der Waals surface area contributed by atoms with Crippen molar-refractivity contribution in [1.29, 1.82) is 0 Å². The summed E-state index contributed by atoms with van der Waals surface area (Å²) in [6, 6.07) is 0. The van der Waals surface area contributed by atoms with E-state index in [1.54, 1.807) is 0 Å². The highest BCUT2D eigenvalue weighted by Crippen LogP contribution is 2.43. The lowest BCUT2D eigenvalue weighted by Gasteiger charge is -2.24. The second kappa shape index (κ2) is 77.1. The molecule has 562 valence electrons. The molecule has 0 amide bonds. The van der Waals surface area contributed by atoms with Crippen LogP contribution >= 0.6 is 7.82 Å². The van der Waals surface area contributed by atoms with Crippen LogP contribution in [0.25, 0.3) is 0 Å². The molecule has 10 heteroatoms. The molecular weight excluding hydrogens is 1230 g/mol. The number of carbonyl (C=O) groups excluding carboxylic acids is 2. The predicted molar refractivity (Wildman–Crippen MR) is 427 cm³/mol. The van der Waals surface area contributed by atoms with Crippen LogP contribution in [-0.2, 0) is 32.7 Å². The summed E-state index contributed by atoms with van der Waals surface area (Å²) in [6.45, 7) is 4.23. The van der Waals surface area contributed by atoms with Crippen LogP contribution in [0.5, 0.6) is 0 Å². The first kappa shape index (κ1) is 93.9. The van der Waals surface area contributed by atoms with Crippen LogP contribution in [0.3, 0.4) is 0 Å². The number of nitrogens with zero attached hydrogens (tertiary/aromatic N) is 1. The van der Waals surface area contributed by atoms with Gasteiger partial charge in [0.1, 0.15) is 19.8 Å². The number of carbonyl (C=O) groups is 2. The number of hydrogen-bond donors (Lipinski definition) is 1. The van der Waals surface area contributed by atoms with Gasteiger partial charge in [-0.15, -0.1) is 0 Å². The van der Waals surface area contributed by atoms with E-state index in [9.17, 15) is 19.0 Å². The molecule has 0 saturated heterocycles. The molecule has 1 N–H and O–H groups in total. The Bertz CT molecular complexity index is 2170. The number of quaternary nitrogens is 1. The number of esters is 2. The minimum Gasteiger partial charge on any atom is -0.462 e. The summed E-state index contributed by atoms with van der Waals surface area (Å²) in [4.78, 5) is 36.0. The fourth-order valence-electron chi connectivity index (χ4n) is 11.3. The molecule has 0 aliphatic carbocycles. The average Bonchev–Trinajstić information content (AvgIpc) is 1.08. The summed E-state index contributed by atoms with van der Waals surface area (Å²) < 4.78 is 34.8. The van der Waals surface area contributed by atoms with Crippen molar-refractivity contribution in [2.24, 2.45) is 0 Å². The first-order valence-electron chi connectivity index (χ1n) is 40.6. The van der Waals surface area contributed by atoms with E-state index in [4.69, 9.17) is 18.5 Å². The molecule has 0 fully saturated rings. The van der Waals surface area contributed by atoms with E-state index in [-0.39, 0.29) is 32.0 Å². The first-order chi connectivity index (χ1) is 48.0. The number of phosphoric acid groups is 1. The number of likely N-dealkylation sites (N-methyl/N-ethyl adjacent to an activating group) is 1. The summed E-state index contributed by atoms with van der Waals surface area (Å²) >= 11 is 0. The zero-order chi connectivity index (χ0) is 71.1. The van der Waals surface area contributed by atoms with Gasteiger partial charge in [0.15, 0.2) is 6.10 Å². The molecule has 0 saturated carbocycles. The van der Waals surface area contributed by atoms with Crippen LogP contribution in [0.15, 0.2) is 146 Å². The summed E-state index contributed by atoms with van der Waals surface area (Å²) in [5, 5.41) is 0. The van der Waals surface area contributed by atoms with Crippen molar-refractivity contribution in [2.75, 3.05) is 47.5 Å². The maximum absolute atomic E-state index is 12.9. The van der Waals surface area contributed by atoms with Crippen LogP contribution < -0.4 is 0 Å². The molecule has 0 aromatic heterocycles. The fraction of sp³-hybridized carbons (Fsp3) is 0.705. The van der Waals surface area contributed by atoms with Crippen LogP contribution in [0.1, 0.15) is 348 Å². The van der Waals surface area contributed by atoms with Crippen molar-refractivity contribution in [3.05, 3.63) is 146 Å². The largest absolute Gasteiger partial charge is 0.472 e. The van der Waals surface area contributed by atoms with Gasteiger partial charge in [-0.2, -0.15) is 0 Å². The third-order valence-corrected chi connectivity index (χ3v) is 18.3. The highest BCUT2D eigenvalue weighted by molar-refractivity contribution is 7.47. The molecule has 0 aliphatic heterocycles. The van der Waals surface area contributed by atoms with E-state index in [1.807, 2.05) is 21.1 Å². The summed E-state index contributed by atoms with van der Waals surface area (Å²) in [5.41, 5.74) is 0. The third-order valence-electron chi connectivity index (χ3n) is 17.4. The van der Waals surface area contributed by atoms with Crippen LogP contribution in [0.2, 0.25) is 0 Å². The standard InChI is InChI=1S/C88H152NO8P/c1-6-8-10-12-14-16-18-20-22-24-26-28-30-32-34-36-38-40-41-42-43-44-45-46-47-49-50-52-54-56-58-60-62-64-66-68-70-72-74-76-78-80-87(90)94-84-86(85-96-98(92,93)95-83-82-89(3,4)5)97-88(91)81-79-77-75-73-71-69-67-65-63-61-59-57-55-53-51-48-39-37-35-33-31-29-27-25-23-21-19-17-15-13-11-9-7-2/h8-11,14-17,20-23,26-29,32-35,39,48,53,55,86H,6-7,12-13,18-19,24-25,30-31,36-38,40-47,49-52,54,56-85H2,1-5H3/p+1/b10-8-,11-9-,16-14-,17-15-,22-20-,23-21-,28-26-,29-27-,34-32-,35-33-,48-39-,55-53-. The van der Waals surface area contributed by atoms with Gasteiger partial charge in [0, 0.05) is 12.8 Å². The van der Waals surface area contributed by atoms with E-state index in [0.717, 1.165) is 122 Å². The number of unbranched alkanes of at least 4 members (excludes halogenated alkanes) is 36. The van der Waals surface area contributed by atoms with Crippen molar-refractivity contribution in [2.45, 2.75) is 354 Å². The Labute approximate surface area is 605 Å². The topological polar surface area (TPSA) is 108 Å². The zero-order valence-corrected chi connectivity index (χ0v) is 65.1. The second-order valence-corrected chi connectivity index (χ2v) is 29.5. The third kappa shape index (κ3) is 80.9. The average molecular weight is 1380 g/mol. The predicted octanol–water partition coefficient (Wildman–Crippen LogP) is 27.3. The van der Waals surface area contributed by atoms with E-state index in [1.165, 1.54) is 193 Å². The molecule has 9 nitrogen and oxygen atoms in total. The van der Waals surface area contributed by atoms with Crippen molar-refractivity contribution in [1.82, 2.24) is 0 Å². The second-order valence-electron chi connectivity index (χ2n) is 28.0. The first-order valence-corrected chi connectivity index (χ1v) is 42.1. The maximum atomic E-state index is 12.9. The molecule has 0 aromatic rings. The minimum atomic E-state index is -4.40. The smallest absolute Gasteiger partial charge is 0.462 e. The van der Waals surface area contributed by atoms with Crippen LogP contribution in [0.4, 0.5) is 0 Å². The van der Waals surface area contributed by atoms with Gasteiger partial charge in [-0.3, -0.25) is 18.6 Å². The molecule has 0 heterocycles. The van der Waals surface area contributed by atoms with Gasteiger partial charge >= 0.3 is 19.8 Å². The Morgan fingerprint density at radius 2 is 0.551 bits per heavy atom. The molecule has 0 rings (SSSR count). The van der Waals surface area contributed by atoms with E-state index < -0.39 is 26.5 Å². The molecule has 0 bridgehead atoms. The van der Waals surface area contributed by atoms with E-state index in [0.29, 0.717) is 17.4 Å². The molecule has 0 aliphatic rings. The molecular formula is C88H153NO8P+. The highest BCUT2D eigenvalue weighted by Gasteiger charge is 2.27. The molecule has 0 spiro atoms. The molecule has 0 radical (unpaired) electrons. The molecule has 2 atom stereocenters. The van der Waals surface area contributed by atoms with Gasteiger partial charge in [0.25, 0.3) is 0 Å². The molecule has 0 aromatic carbocycles. The number of phosphoric ester groups is 1. The van der Waals surface area contributed by atoms with Gasteiger partial charge in [-0.05, 0) is 116 Å². The van der Waals surface area contributed by atoms with E-state index >= 15 is 0 Å². The maximum Gasteiger partial charge on any atom is 0.472 e. The Kier molecular flexibility index (Phi) is 73.8. The minimum absolute atomic E-state index is 0.0273. The quantitative estimate of drug-likeness (QED) is 0.0211. The lowest BCUT2D eigenvalue weighted by molar-refractivity contribution is -0.870. The van der Waals surface area contributed by atoms with Crippen molar-refractivity contribution >= 4 is 19.8 Å². The monoisotopic (exact) mass is 1380 g/mol. The lowest BCUT2D eigenvalue weighted by Crippen LogP contribution is -2.37. The lowest BCUT2D eigenvalue weighted by atomic mass is 10.0. The highest BCUT2D eigenvalue weighted by atomic mass is 31.2. The number of allylic oxidation sites excluding steroid dienone is 24. The Hall–Kier alpha value is -4.11. The van der Waals surface area contributed by atoms with Crippen LogP contribution in [-0.4, -0.2) is 74.9 Å². The zero-order valence-electron chi connectivity index (χ0n) is 64.2. The van der Waals surface area contributed by atoms with Crippen molar-refractivity contribution in [3.8, 4) is 0 Å². The molecule has 98 heavy (non-hydrogen) atoms. The van der Waals surface area contributed by atoms with Crippen molar-refractivity contribution in [3.63, 3.8) is 0 Å². The number of rotatable bonds is 74. The molecule has 2 unspecified atom stereocenters. The van der Waals surface area contributed by atoms with Gasteiger partial charge in [-0.1, -0.05) is 365 Å². The summed E-state index contributed by atoms with van der Waals surface area (Å²) in [5.74, 6) is -0.793. The van der Waals surface area contributed by atoms with E-state index in [2.05, 4.69) is 160 Å². The number of ether oxygens (including phenoxy) is 2. The fourth-order valence-corrected chi connectivity index (χ4v) is 12.0. The SMILES string of the molecule is CC/C=C\C/C=C\C/C=C\C/C=C\C/C=C\C/C=C\C/C=C\CCCCCCCCCCCCCC(=O)OC(COC(=O)CCCCCCCCCCCCCCCCCCCCCCCCCCC/C=C\C/C=C\C/C=C\C/C=C\C/C=C\CC)COP(=O)(O)OCC[N+](C)(C)C. The van der Waals surface area contributed by atoms with Crippen molar-refractivity contribution < 1.29 is 42.1 Å². The summed E-state index contributed by atoms with van der Waals surface area (Å²) in [6.07, 6.45) is 114. The Morgan fingerprint density at radius 1 is 0.316 bits per heavy atom. The van der Waals surface area contributed by atoms with Gasteiger partial charge in [0.2, 0.25) is 0 Å². The summed E-state index contributed by atoms with van der Waals surface area (Å²) in [7, 11) is 1.48. The Balaban J connectivity index is 3.95. The van der Waals surface area contributed by atoms with Gasteiger partial charge < -0.3 is 18.9 Å². The van der Waals surface area contributed by atoms with Gasteiger partial charge in [0.05, 0.1) is 27.7 Å².